The highest BCUT2D eigenvalue weighted by atomic mass is 16.6. The Balaban J connectivity index is 2.03. The first-order chi connectivity index (χ1) is 7.27. The number of rotatable bonds is 3. The summed E-state index contributed by atoms with van der Waals surface area (Å²) in [6.07, 6.45) is 0. The number of morpholine rings is 1. The van der Waals surface area contributed by atoms with Crippen LogP contribution in [0.4, 0.5) is 0 Å². The van der Waals surface area contributed by atoms with Crippen LogP contribution in [0.3, 0.4) is 0 Å². The van der Waals surface area contributed by atoms with E-state index in [-0.39, 0.29) is 5.69 Å². The number of hydrogen-bond acceptors (Lipinski definition) is 6. The van der Waals surface area contributed by atoms with Crippen molar-refractivity contribution in [2.75, 3.05) is 26.3 Å². The topological polar surface area (TPSA) is 88.7 Å². The minimum absolute atomic E-state index is 0.110. The van der Waals surface area contributed by atoms with Crippen molar-refractivity contribution < 1.29 is 19.3 Å². The zero-order valence-electron chi connectivity index (χ0n) is 8.05. The average Bonchev–Trinajstić information content (AvgIpc) is 2.67. The number of carboxylic acid groups (broad SMARTS) is 1. The second-order valence-corrected chi connectivity index (χ2v) is 3.25. The van der Waals surface area contributed by atoms with Crippen LogP contribution in [0, 0.1) is 0 Å². The maximum Gasteiger partial charge on any atom is 0.360 e. The third-order valence-corrected chi connectivity index (χ3v) is 2.24. The highest BCUT2D eigenvalue weighted by Gasteiger charge is 2.20. The van der Waals surface area contributed by atoms with Gasteiger partial charge in [0.25, 0.3) is 0 Å². The van der Waals surface area contributed by atoms with Crippen LogP contribution in [0.25, 0.3) is 0 Å². The van der Waals surface area contributed by atoms with Crippen LogP contribution < -0.4 is 0 Å². The van der Waals surface area contributed by atoms with Crippen LogP contribution >= 0.6 is 0 Å². The molecule has 0 amide bonds. The zero-order valence-corrected chi connectivity index (χ0v) is 8.05. The maximum atomic E-state index is 10.7. The second-order valence-electron chi connectivity index (χ2n) is 3.25. The number of ether oxygens (including phenoxy) is 1. The molecular weight excluding hydrogens is 202 g/mol. The Morgan fingerprint density at radius 3 is 2.80 bits per heavy atom. The molecule has 1 aromatic heterocycles. The van der Waals surface area contributed by atoms with E-state index in [1.165, 1.54) is 0 Å². The molecule has 0 aliphatic carbocycles. The van der Waals surface area contributed by atoms with Crippen LogP contribution in [-0.4, -0.2) is 52.6 Å². The fourth-order valence-corrected chi connectivity index (χ4v) is 1.44. The minimum Gasteiger partial charge on any atom is -0.476 e. The van der Waals surface area contributed by atoms with Gasteiger partial charge in [0, 0.05) is 19.6 Å². The first-order valence-electron chi connectivity index (χ1n) is 4.62. The van der Waals surface area contributed by atoms with E-state index >= 15 is 0 Å². The lowest BCUT2D eigenvalue weighted by Gasteiger charge is -2.25. The molecule has 1 fully saturated rings. The van der Waals surface area contributed by atoms with Crippen molar-refractivity contribution in [1.29, 1.82) is 0 Å². The third kappa shape index (κ3) is 2.31. The van der Waals surface area contributed by atoms with E-state index in [2.05, 4.69) is 19.8 Å². The first-order valence-corrected chi connectivity index (χ1v) is 4.62. The molecule has 0 unspecified atom stereocenters. The summed E-state index contributed by atoms with van der Waals surface area (Å²) in [4.78, 5) is 12.8. The van der Waals surface area contributed by atoms with Crippen LogP contribution in [-0.2, 0) is 11.3 Å². The van der Waals surface area contributed by atoms with Crippen LogP contribution in [0.1, 0.15) is 16.2 Å². The predicted octanol–water partition coefficient (Wildman–Crippen LogP) is -0.400. The maximum absolute atomic E-state index is 10.7. The Hall–Kier alpha value is -1.47. The van der Waals surface area contributed by atoms with Crippen molar-refractivity contribution in [3.05, 3.63) is 11.4 Å². The first kappa shape index (κ1) is 10.1. The summed E-state index contributed by atoms with van der Waals surface area (Å²) in [7, 11) is 0. The molecule has 7 heteroatoms. The van der Waals surface area contributed by atoms with E-state index in [4.69, 9.17) is 9.84 Å². The smallest absolute Gasteiger partial charge is 0.360 e. The predicted molar refractivity (Wildman–Crippen MR) is 47.4 cm³/mol. The summed E-state index contributed by atoms with van der Waals surface area (Å²) in [5.41, 5.74) is 0.255. The van der Waals surface area contributed by atoms with Gasteiger partial charge >= 0.3 is 5.97 Å². The van der Waals surface area contributed by atoms with E-state index in [9.17, 15) is 4.79 Å². The van der Waals surface area contributed by atoms with Crippen molar-refractivity contribution in [2.45, 2.75) is 6.54 Å². The largest absolute Gasteiger partial charge is 0.476 e. The minimum atomic E-state index is -1.11. The summed E-state index contributed by atoms with van der Waals surface area (Å²) in [6, 6.07) is 0. The van der Waals surface area contributed by atoms with Gasteiger partial charge in [0.1, 0.15) is 5.69 Å². The summed E-state index contributed by atoms with van der Waals surface area (Å²) in [5, 5.41) is 15.7. The molecule has 82 valence electrons. The van der Waals surface area contributed by atoms with Crippen molar-refractivity contribution in [1.82, 2.24) is 15.2 Å². The van der Waals surface area contributed by atoms with Gasteiger partial charge in [0.05, 0.1) is 13.2 Å². The molecule has 2 rings (SSSR count). The molecule has 1 aliphatic heterocycles. The van der Waals surface area contributed by atoms with E-state index < -0.39 is 5.97 Å². The lowest BCUT2D eigenvalue weighted by atomic mass is 10.3. The fourth-order valence-electron chi connectivity index (χ4n) is 1.44. The van der Waals surface area contributed by atoms with Gasteiger partial charge in [-0.1, -0.05) is 5.16 Å². The lowest BCUT2D eigenvalue weighted by Crippen LogP contribution is -2.36. The van der Waals surface area contributed by atoms with Gasteiger partial charge < -0.3 is 9.84 Å². The zero-order chi connectivity index (χ0) is 10.7. The monoisotopic (exact) mass is 213 g/mol. The Morgan fingerprint density at radius 1 is 1.40 bits per heavy atom. The summed E-state index contributed by atoms with van der Waals surface area (Å²) in [6.45, 7) is 3.30. The van der Waals surface area contributed by atoms with Crippen molar-refractivity contribution in [3.63, 3.8) is 0 Å². The number of hydrogen-bond donors (Lipinski definition) is 1. The summed E-state index contributed by atoms with van der Waals surface area (Å²) < 4.78 is 9.59. The third-order valence-electron chi connectivity index (χ3n) is 2.24. The van der Waals surface area contributed by atoms with Crippen molar-refractivity contribution in [3.8, 4) is 0 Å². The molecule has 1 aliphatic rings. The van der Waals surface area contributed by atoms with Crippen molar-refractivity contribution >= 4 is 5.97 Å². The van der Waals surface area contributed by atoms with Crippen LogP contribution in [0.2, 0.25) is 0 Å². The van der Waals surface area contributed by atoms with Gasteiger partial charge in [-0.15, -0.1) is 0 Å². The standard InChI is InChI=1S/C8H11N3O4/c12-8(13)7-6(9-15-10-7)5-11-1-3-14-4-2-11/h1-5H2,(H,12,13). The fraction of sp³-hybridized carbons (Fsp3) is 0.625. The van der Waals surface area contributed by atoms with Crippen LogP contribution in [0.15, 0.2) is 4.63 Å². The molecule has 0 bridgehead atoms. The molecule has 0 aromatic carbocycles. The summed E-state index contributed by atoms with van der Waals surface area (Å²) in [5.74, 6) is -1.11. The average molecular weight is 213 g/mol. The number of carboxylic acids is 1. The molecule has 7 nitrogen and oxygen atoms in total. The number of aromatic nitrogens is 2. The quantitative estimate of drug-likeness (QED) is 0.730. The molecule has 1 aromatic rings. The summed E-state index contributed by atoms with van der Waals surface area (Å²) >= 11 is 0. The molecule has 0 saturated carbocycles. The van der Waals surface area contributed by atoms with E-state index in [1.807, 2.05) is 0 Å². The van der Waals surface area contributed by atoms with E-state index in [0.717, 1.165) is 13.1 Å². The molecule has 1 saturated heterocycles. The van der Waals surface area contributed by atoms with E-state index in [1.54, 1.807) is 0 Å². The Bertz CT molecular complexity index is 345. The number of aromatic carboxylic acids is 1. The van der Waals surface area contributed by atoms with Gasteiger partial charge in [0.15, 0.2) is 0 Å². The lowest BCUT2D eigenvalue weighted by molar-refractivity contribution is 0.0330. The molecule has 2 heterocycles. The van der Waals surface area contributed by atoms with E-state index in [0.29, 0.717) is 25.5 Å². The number of nitrogens with zero attached hydrogens (tertiary/aromatic N) is 3. The molecular formula is C8H11N3O4. The Labute approximate surface area is 85.6 Å². The van der Waals surface area contributed by atoms with Crippen LogP contribution in [0.5, 0.6) is 0 Å². The molecule has 15 heavy (non-hydrogen) atoms. The Kier molecular flexibility index (Phi) is 2.93. The molecule has 0 atom stereocenters. The molecule has 0 spiro atoms. The second kappa shape index (κ2) is 4.37. The Morgan fingerprint density at radius 2 is 2.13 bits per heavy atom. The highest BCUT2D eigenvalue weighted by molar-refractivity contribution is 5.86. The van der Waals surface area contributed by atoms with Gasteiger partial charge in [-0.05, 0) is 5.16 Å². The highest BCUT2D eigenvalue weighted by Crippen LogP contribution is 2.08. The molecule has 1 N–H and O–H groups in total. The number of carbonyl (C=O) groups is 1. The molecule has 0 radical (unpaired) electrons. The SMILES string of the molecule is O=C(O)c1nonc1CN1CCOCC1. The van der Waals surface area contributed by atoms with Gasteiger partial charge in [-0.2, -0.15) is 0 Å². The normalized spacial score (nSPS) is 17.9. The van der Waals surface area contributed by atoms with Gasteiger partial charge in [-0.3, -0.25) is 4.90 Å². The van der Waals surface area contributed by atoms with Gasteiger partial charge in [0.2, 0.25) is 5.69 Å². The van der Waals surface area contributed by atoms with Crippen molar-refractivity contribution in [2.24, 2.45) is 0 Å². The van der Waals surface area contributed by atoms with Gasteiger partial charge in [-0.25, -0.2) is 9.42 Å².